The van der Waals surface area contributed by atoms with E-state index in [4.69, 9.17) is 18.9 Å². The van der Waals surface area contributed by atoms with E-state index < -0.39 is 89.0 Å². The molecule has 13 atom stereocenters. The van der Waals surface area contributed by atoms with Gasteiger partial charge in [0.15, 0.2) is 5.60 Å². The largest absolute Gasteiger partial charge is 0.459 e. The molecule has 0 radical (unpaired) electrons. The Morgan fingerprint density at radius 2 is 1.79 bits per heavy atom. The SMILES string of the molecule is C=C(C)[C@]12C[C@@H](C)[C@@]34OC(c5ccccc5)(O[C@@H]1[C@@H]3[C@H](O)[C@](O)(COC(=O)/C=C/C=C/CCCCC)[C@@H](O)[C@@]1(O)[C@H]4C[C@H](C)[C@@H]1O)O2. The highest BCUT2D eigenvalue weighted by Crippen LogP contribution is 2.72. The van der Waals surface area contributed by atoms with Crippen molar-refractivity contribution in [1.82, 2.24) is 0 Å². The van der Waals surface area contributed by atoms with Crippen LogP contribution in [0.25, 0.3) is 0 Å². The quantitative estimate of drug-likeness (QED) is 0.0834. The molecule has 5 fully saturated rings. The Morgan fingerprint density at radius 3 is 2.47 bits per heavy atom. The molecule has 0 amide bonds. The van der Waals surface area contributed by atoms with E-state index in [1.165, 1.54) is 12.2 Å². The van der Waals surface area contributed by atoms with Crippen LogP contribution in [0.15, 0.2) is 66.8 Å². The lowest BCUT2D eigenvalue weighted by Gasteiger charge is -2.61. The second-order valence-electron chi connectivity index (χ2n) is 14.6. The number of carbonyl (C=O) groups is 1. The first-order chi connectivity index (χ1) is 22.2. The van der Waals surface area contributed by atoms with Gasteiger partial charge in [0.2, 0.25) is 0 Å². The number of allylic oxidation sites excluding steroid dienone is 3. The molecule has 5 N–H and O–H groups in total. The average molecular weight is 655 g/mol. The first-order valence-electron chi connectivity index (χ1n) is 17.0. The van der Waals surface area contributed by atoms with Crippen molar-refractivity contribution in [3.8, 4) is 0 Å². The van der Waals surface area contributed by atoms with Crippen LogP contribution < -0.4 is 0 Å². The van der Waals surface area contributed by atoms with Crippen LogP contribution in [0.3, 0.4) is 0 Å². The third-order valence-electron chi connectivity index (χ3n) is 11.8. The van der Waals surface area contributed by atoms with Gasteiger partial charge in [0, 0.05) is 23.5 Å². The summed E-state index contributed by atoms with van der Waals surface area (Å²) < 4.78 is 26.0. The van der Waals surface area contributed by atoms with Gasteiger partial charge in [0.25, 0.3) is 0 Å². The standard InChI is InChI=1S/C37H50O10/c1-6-7-8-9-10-11-15-18-27(38)44-21-33(42)30(40)28-31-34(22(2)3)20-24(5)36(28,26-19-23(4)29(39)35(26,43)32(33)41)47-37(45-31,46-34)25-16-13-12-14-17-25/h10-18,23-24,26,28-32,39-43H,2,6-9,19-21H2,1,3-5H3/b11-10+,18-15+/t23-,24+,26+,28-,29-,30-,31+,32+,33+,34+,35+,36-,37?/m0/s1. The maximum Gasteiger partial charge on any atom is 0.330 e. The molecule has 0 spiro atoms. The fourth-order valence-electron chi connectivity index (χ4n) is 9.47. The summed E-state index contributed by atoms with van der Waals surface area (Å²) in [6.45, 7) is 11.0. The molecule has 1 unspecified atom stereocenters. The van der Waals surface area contributed by atoms with Crippen molar-refractivity contribution in [3.05, 3.63) is 72.4 Å². The predicted octanol–water partition coefficient (Wildman–Crippen LogP) is 3.40. The van der Waals surface area contributed by atoms with E-state index in [1.807, 2.05) is 38.1 Å². The molecular formula is C37H50O10. The van der Waals surface area contributed by atoms with Crippen LogP contribution in [0, 0.1) is 23.7 Å². The number of benzene rings is 1. The Labute approximate surface area is 276 Å². The minimum atomic E-state index is -2.64. The molecule has 10 heteroatoms. The van der Waals surface area contributed by atoms with Gasteiger partial charge in [0.05, 0.1) is 17.8 Å². The smallest absolute Gasteiger partial charge is 0.330 e. The number of aliphatic hydroxyl groups excluding tert-OH is 3. The summed E-state index contributed by atoms with van der Waals surface area (Å²) in [5.74, 6) is -5.59. The summed E-state index contributed by atoms with van der Waals surface area (Å²) in [6, 6.07) is 9.11. The molecule has 2 aliphatic heterocycles. The molecule has 258 valence electrons. The molecule has 1 aromatic carbocycles. The van der Waals surface area contributed by atoms with E-state index in [0.717, 1.165) is 25.7 Å². The van der Waals surface area contributed by atoms with Crippen molar-refractivity contribution in [1.29, 1.82) is 0 Å². The molecule has 47 heavy (non-hydrogen) atoms. The number of aliphatic hydroxyl groups is 5. The minimum absolute atomic E-state index is 0.211. The van der Waals surface area contributed by atoms with E-state index in [-0.39, 0.29) is 6.42 Å². The Bertz CT molecular complexity index is 1410. The van der Waals surface area contributed by atoms with Crippen molar-refractivity contribution in [2.24, 2.45) is 23.7 Å². The summed E-state index contributed by atoms with van der Waals surface area (Å²) in [5.41, 5.74) is -6.44. The Morgan fingerprint density at radius 1 is 1.06 bits per heavy atom. The summed E-state index contributed by atoms with van der Waals surface area (Å²) >= 11 is 0. The van der Waals surface area contributed by atoms with Crippen LogP contribution in [-0.4, -0.2) is 84.9 Å². The molecule has 3 saturated carbocycles. The molecule has 3 bridgehead atoms. The van der Waals surface area contributed by atoms with Gasteiger partial charge in [-0.15, -0.1) is 0 Å². The predicted molar refractivity (Wildman–Crippen MR) is 171 cm³/mol. The molecule has 2 heterocycles. The molecule has 1 aromatic rings. The summed E-state index contributed by atoms with van der Waals surface area (Å²) in [7, 11) is 0. The number of hydrogen-bond acceptors (Lipinski definition) is 10. The lowest BCUT2D eigenvalue weighted by Crippen LogP contribution is -2.73. The van der Waals surface area contributed by atoms with Crippen LogP contribution >= 0.6 is 0 Å². The normalized spacial score (nSPS) is 46.8. The molecular weight excluding hydrogens is 604 g/mol. The number of fused-ring (bicyclic) bond motifs is 2. The number of carbonyl (C=O) groups excluding carboxylic acids is 1. The zero-order valence-corrected chi connectivity index (χ0v) is 27.7. The highest BCUT2D eigenvalue weighted by molar-refractivity contribution is 5.82. The van der Waals surface area contributed by atoms with Gasteiger partial charge in [-0.3, -0.25) is 0 Å². The molecule has 10 nitrogen and oxygen atoms in total. The maximum absolute atomic E-state index is 12.8. The Kier molecular flexibility index (Phi) is 8.92. The molecule has 3 aliphatic carbocycles. The van der Waals surface area contributed by atoms with Gasteiger partial charge in [-0.1, -0.05) is 88.8 Å². The van der Waals surface area contributed by atoms with Gasteiger partial charge in [-0.2, -0.15) is 0 Å². The zero-order valence-electron chi connectivity index (χ0n) is 27.7. The van der Waals surface area contributed by atoms with Crippen molar-refractivity contribution in [2.75, 3.05) is 6.61 Å². The number of hydrogen-bond donors (Lipinski definition) is 5. The highest BCUT2D eigenvalue weighted by Gasteiger charge is 2.85. The second-order valence-corrected chi connectivity index (χ2v) is 14.6. The van der Waals surface area contributed by atoms with Crippen molar-refractivity contribution < 1.29 is 49.3 Å². The van der Waals surface area contributed by atoms with E-state index in [2.05, 4.69) is 13.5 Å². The van der Waals surface area contributed by atoms with Crippen LogP contribution in [0.1, 0.15) is 71.8 Å². The zero-order chi connectivity index (χ0) is 34.0. The molecule has 0 aromatic heterocycles. The number of rotatable bonds is 10. The first kappa shape index (κ1) is 34.5. The Balaban J connectivity index is 1.42. The van der Waals surface area contributed by atoms with Gasteiger partial charge < -0.3 is 44.5 Å². The minimum Gasteiger partial charge on any atom is -0.459 e. The van der Waals surface area contributed by atoms with Crippen LogP contribution in [0.5, 0.6) is 0 Å². The van der Waals surface area contributed by atoms with Crippen LogP contribution in [0.4, 0.5) is 0 Å². The lowest BCUT2D eigenvalue weighted by molar-refractivity contribution is -0.446. The van der Waals surface area contributed by atoms with Gasteiger partial charge in [-0.25, -0.2) is 4.79 Å². The second kappa shape index (κ2) is 12.2. The fourth-order valence-corrected chi connectivity index (χ4v) is 9.47. The van der Waals surface area contributed by atoms with Crippen molar-refractivity contribution >= 4 is 5.97 Å². The number of esters is 1. The number of ether oxygens (including phenoxy) is 4. The lowest BCUT2D eigenvalue weighted by atomic mass is 9.53. The topological polar surface area (TPSA) is 155 Å². The van der Waals surface area contributed by atoms with E-state index >= 15 is 0 Å². The fraction of sp³-hybridized carbons (Fsp3) is 0.649. The third-order valence-corrected chi connectivity index (χ3v) is 11.8. The Hall–Kier alpha value is -2.41. The molecule has 5 aliphatic rings. The van der Waals surface area contributed by atoms with E-state index in [9.17, 15) is 30.3 Å². The van der Waals surface area contributed by atoms with E-state index in [0.29, 0.717) is 17.6 Å². The number of unbranched alkanes of at least 4 members (excludes halogenated alkanes) is 3. The average Bonchev–Trinajstić information content (AvgIpc) is 3.41. The van der Waals surface area contributed by atoms with Crippen molar-refractivity contribution in [3.63, 3.8) is 0 Å². The highest BCUT2D eigenvalue weighted by atomic mass is 16.9. The van der Waals surface area contributed by atoms with E-state index in [1.54, 1.807) is 25.1 Å². The van der Waals surface area contributed by atoms with Gasteiger partial charge >= 0.3 is 11.9 Å². The monoisotopic (exact) mass is 654 g/mol. The summed E-state index contributed by atoms with van der Waals surface area (Å²) in [6.07, 6.45) is 4.67. The van der Waals surface area contributed by atoms with Gasteiger partial charge in [0.1, 0.15) is 30.0 Å². The first-order valence-corrected chi connectivity index (χ1v) is 17.0. The molecule has 2 saturated heterocycles. The maximum atomic E-state index is 12.8. The van der Waals surface area contributed by atoms with Gasteiger partial charge in [-0.05, 0) is 50.0 Å². The van der Waals surface area contributed by atoms with Crippen LogP contribution in [0.2, 0.25) is 0 Å². The van der Waals surface area contributed by atoms with Crippen LogP contribution in [-0.2, 0) is 29.7 Å². The summed E-state index contributed by atoms with van der Waals surface area (Å²) in [5, 5.41) is 60.9. The summed E-state index contributed by atoms with van der Waals surface area (Å²) in [4.78, 5) is 12.8. The molecule has 6 rings (SSSR count). The third kappa shape index (κ3) is 4.86. The van der Waals surface area contributed by atoms with Crippen molar-refractivity contribution in [2.45, 2.75) is 119 Å².